The van der Waals surface area contributed by atoms with E-state index in [9.17, 15) is 18.0 Å². The Kier molecular flexibility index (Phi) is 7.94. The first kappa shape index (κ1) is 27.4. The molecule has 5 aromatic rings. The first-order valence-corrected chi connectivity index (χ1v) is 14.3. The van der Waals surface area contributed by atoms with Gasteiger partial charge in [0.05, 0.1) is 16.3 Å². The summed E-state index contributed by atoms with van der Waals surface area (Å²) in [6.45, 7) is 0. The van der Waals surface area contributed by atoms with E-state index in [0.29, 0.717) is 16.9 Å². The summed E-state index contributed by atoms with van der Waals surface area (Å²) in [4.78, 5) is 27.9. The van der Waals surface area contributed by atoms with Crippen LogP contribution >= 0.6 is 0 Å². The average molecular weight is 562 g/mol. The van der Waals surface area contributed by atoms with Gasteiger partial charge in [-0.05, 0) is 65.7 Å². The lowest BCUT2D eigenvalue weighted by Crippen LogP contribution is -2.30. The maximum atomic E-state index is 13.1. The second-order valence-electron chi connectivity index (χ2n) is 9.27. The van der Waals surface area contributed by atoms with Crippen molar-refractivity contribution in [1.82, 2.24) is 4.72 Å². The van der Waals surface area contributed by atoms with E-state index in [2.05, 4.69) is 10.0 Å². The highest BCUT2D eigenvalue weighted by molar-refractivity contribution is 7.90. The van der Waals surface area contributed by atoms with Crippen LogP contribution in [0.15, 0.2) is 138 Å². The topological polar surface area (TPSA) is 95.6 Å². The van der Waals surface area contributed by atoms with Gasteiger partial charge in [-0.15, -0.1) is 0 Å². The van der Waals surface area contributed by atoms with Crippen LogP contribution in [-0.2, 0) is 10.0 Å². The number of carbonyl (C=O) groups excluding carboxylic acids is 2. The van der Waals surface area contributed by atoms with Crippen molar-refractivity contribution in [2.75, 3.05) is 17.3 Å². The highest BCUT2D eigenvalue weighted by Gasteiger charge is 2.21. The lowest BCUT2D eigenvalue weighted by molar-refractivity contribution is 0.0980. The summed E-state index contributed by atoms with van der Waals surface area (Å²) in [6, 6.07) is 38.9. The fourth-order valence-corrected chi connectivity index (χ4v) is 5.32. The van der Waals surface area contributed by atoms with E-state index in [1.165, 1.54) is 18.2 Å². The summed E-state index contributed by atoms with van der Waals surface area (Å²) in [7, 11) is -2.26. The molecule has 0 atom stereocenters. The Bertz CT molecular complexity index is 1780. The van der Waals surface area contributed by atoms with E-state index in [1.807, 2.05) is 72.6 Å². The predicted molar refractivity (Wildman–Crippen MR) is 162 cm³/mol. The van der Waals surface area contributed by atoms with Crippen molar-refractivity contribution in [2.24, 2.45) is 0 Å². The van der Waals surface area contributed by atoms with Crippen molar-refractivity contribution >= 4 is 38.9 Å². The molecule has 204 valence electrons. The molecule has 2 amide bonds. The number of anilines is 3. The lowest BCUT2D eigenvalue weighted by atomic mass is 10.0. The van der Waals surface area contributed by atoms with Crippen LogP contribution in [0.25, 0.3) is 11.1 Å². The second kappa shape index (κ2) is 11.9. The number of hydrogen-bond donors (Lipinski definition) is 2. The molecule has 0 spiro atoms. The Balaban J connectivity index is 1.48. The van der Waals surface area contributed by atoms with Crippen molar-refractivity contribution < 1.29 is 18.0 Å². The van der Waals surface area contributed by atoms with Gasteiger partial charge in [0.2, 0.25) is 0 Å². The first-order chi connectivity index (χ1) is 19.8. The molecule has 0 saturated carbocycles. The van der Waals surface area contributed by atoms with Gasteiger partial charge in [-0.2, -0.15) is 0 Å². The minimum absolute atomic E-state index is 0.0176. The molecule has 0 aliphatic rings. The number of nitrogens with one attached hydrogen (secondary N) is 2. The van der Waals surface area contributed by atoms with Gasteiger partial charge in [0.1, 0.15) is 0 Å². The van der Waals surface area contributed by atoms with Crippen molar-refractivity contribution in [2.45, 2.75) is 4.90 Å². The molecule has 0 radical (unpaired) electrons. The first-order valence-electron chi connectivity index (χ1n) is 12.8. The van der Waals surface area contributed by atoms with Gasteiger partial charge >= 0.3 is 0 Å². The summed E-state index contributed by atoms with van der Waals surface area (Å²) in [5.74, 6) is -1.10. The van der Waals surface area contributed by atoms with E-state index in [1.54, 1.807) is 54.6 Å². The summed E-state index contributed by atoms with van der Waals surface area (Å²) < 4.78 is 27.7. The lowest BCUT2D eigenvalue weighted by Gasteiger charge is -2.24. The molecule has 7 nitrogen and oxygen atoms in total. The highest BCUT2D eigenvalue weighted by Crippen LogP contribution is 2.33. The van der Waals surface area contributed by atoms with Crippen molar-refractivity contribution in [3.8, 4) is 11.1 Å². The fourth-order valence-electron chi connectivity index (χ4n) is 4.33. The smallest absolute Gasteiger partial charge is 0.265 e. The minimum Gasteiger partial charge on any atom is -0.343 e. The zero-order valence-corrected chi connectivity index (χ0v) is 23.0. The van der Waals surface area contributed by atoms with Gasteiger partial charge in [0.25, 0.3) is 21.8 Å². The standard InChI is InChI=1S/C33H27N3O4S/c1-36(28-20-17-25(18-21-28)24-11-5-2-6-12-24)31-23-27(33(38)35-41(39,40)29-15-9-4-10-16-29)19-22-30(31)34-32(37)26-13-7-3-8-14-26/h2-23H,1H3,(H,34,37)(H,35,38). The molecule has 0 bridgehead atoms. The molecule has 41 heavy (non-hydrogen) atoms. The summed E-state index contributed by atoms with van der Waals surface area (Å²) in [6.07, 6.45) is 0. The van der Waals surface area contributed by atoms with E-state index in [-0.39, 0.29) is 16.4 Å². The molecule has 0 saturated heterocycles. The number of benzene rings is 5. The maximum absolute atomic E-state index is 13.1. The van der Waals surface area contributed by atoms with Crippen LogP contribution in [0.2, 0.25) is 0 Å². The fraction of sp³-hybridized carbons (Fsp3) is 0.0303. The molecule has 0 aliphatic carbocycles. The largest absolute Gasteiger partial charge is 0.343 e. The zero-order chi connectivity index (χ0) is 28.8. The van der Waals surface area contributed by atoms with E-state index < -0.39 is 15.9 Å². The molecular formula is C33H27N3O4S. The molecule has 5 rings (SSSR count). The van der Waals surface area contributed by atoms with Gasteiger partial charge < -0.3 is 10.2 Å². The molecular weight excluding hydrogens is 534 g/mol. The summed E-state index contributed by atoms with van der Waals surface area (Å²) in [5.41, 5.74) is 4.47. The number of hydrogen-bond acceptors (Lipinski definition) is 5. The van der Waals surface area contributed by atoms with Crippen molar-refractivity contribution in [3.05, 3.63) is 145 Å². The number of carbonyl (C=O) groups is 2. The molecule has 0 fully saturated rings. The van der Waals surface area contributed by atoms with E-state index >= 15 is 0 Å². The van der Waals surface area contributed by atoms with Gasteiger partial charge in [-0.1, -0.05) is 78.9 Å². The molecule has 0 unspecified atom stereocenters. The van der Waals surface area contributed by atoms with Gasteiger partial charge in [-0.25, -0.2) is 13.1 Å². The molecule has 5 aromatic carbocycles. The summed E-state index contributed by atoms with van der Waals surface area (Å²) >= 11 is 0. The number of rotatable bonds is 8. The quantitative estimate of drug-likeness (QED) is 0.226. The Labute approximate surface area is 239 Å². The number of nitrogens with zero attached hydrogens (tertiary/aromatic N) is 1. The minimum atomic E-state index is -4.07. The predicted octanol–water partition coefficient (Wildman–Crippen LogP) is 6.49. The third-order valence-electron chi connectivity index (χ3n) is 6.55. The molecule has 0 aromatic heterocycles. The average Bonchev–Trinajstić information content (AvgIpc) is 3.02. The highest BCUT2D eigenvalue weighted by atomic mass is 32.2. The monoisotopic (exact) mass is 561 g/mol. The van der Waals surface area contributed by atoms with Crippen LogP contribution in [0, 0.1) is 0 Å². The van der Waals surface area contributed by atoms with Crippen molar-refractivity contribution in [1.29, 1.82) is 0 Å². The SMILES string of the molecule is CN(c1ccc(-c2ccccc2)cc1)c1cc(C(=O)NS(=O)(=O)c2ccccc2)ccc1NC(=O)c1ccccc1. The third-order valence-corrected chi connectivity index (χ3v) is 7.89. The van der Waals surface area contributed by atoms with Crippen LogP contribution in [0.3, 0.4) is 0 Å². The Hall–Kier alpha value is -5.21. The molecule has 8 heteroatoms. The van der Waals surface area contributed by atoms with Crippen LogP contribution in [0.1, 0.15) is 20.7 Å². The normalized spacial score (nSPS) is 11.0. The molecule has 2 N–H and O–H groups in total. The van der Waals surface area contributed by atoms with Crippen LogP contribution in [0.4, 0.5) is 17.1 Å². The zero-order valence-electron chi connectivity index (χ0n) is 22.2. The second-order valence-corrected chi connectivity index (χ2v) is 11.0. The third kappa shape index (κ3) is 6.34. The van der Waals surface area contributed by atoms with Gasteiger partial charge in [-0.3, -0.25) is 9.59 Å². The van der Waals surface area contributed by atoms with Gasteiger partial charge in [0.15, 0.2) is 0 Å². The maximum Gasteiger partial charge on any atom is 0.265 e. The molecule has 0 heterocycles. The van der Waals surface area contributed by atoms with Gasteiger partial charge in [0, 0.05) is 23.9 Å². The Morgan fingerprint density at radius 1 is 0.610 bits per heavy atom. The molecule has 0 aliphatic heterocycles. The van der Waals surface area contributed by atoms with E-state index in [4.69, 9.17) is 0 Å². The number of sulfonamides is 1. The van der Waals surface area contributed by atoms with Crippen LogP contribution in [0.5, 0.6) is 0 Å². The van der Waals surface area contributed by atoms with Crippen molar-refractivity contribution in [3.63, 3.8) is 0 Å². The van der Waals surface area contributed by atoms with Crippen LogP contribution < -0.4 is 14.9 Å². The summed E-state index contributed by atoms with van der Waals surface area (Å²) in [5, 5.41) is 2.92. The number of amides is 2. The van der Waals surface area contributed by atoms with Crippen LogP contribution in [-0.4, -0.2) is 27.3 Å². The van der Waals surface area contributed by atoms with E-state index in [0.717, 1.165) is 16.8 Å². The Morgan fingerprint density at radius 3 is 1.80 bits per heavy atom. The Morgan fingerprint density at radius 2 is 1.17 bits per heavy atom.